The number of benzene rings is 2. The third kappa shape index (κ3) is 4.61. The van der Waals surface area contributed by atoms with Gasteiger partial charge in [-0.3, -0.25) is 4.79 Å². The van der Waals surface area contributed by atoms with E-state index in [9.17, 15) is 14.0 Å². The number of ether oxygens (including phenoxy) is 1. The molecule has 0 aliphatic rings. The molecule has 3 aromatic rings. The minimum atomic E-state index is -0.457. The third-order valence-electron chi connectivity index (χ3n) is 3.28. The van der Waals surface area contributed by atoms with Crippen molar-refractivity contribution in [1.82, 2.24) is 5.43 Å². The van der Waals surface area contributed by atoms with Gasteiger partial charge in [-0.05, 0) is 53.4 Å². The molecule has 3 rings (SSSR count). The fraction of sp³-hybridized carbons (Fsp3) is 0. The van der Waals surface area contributed by atoms with Crippen LogP contribution in [0.4, 0.5) is 4.39 Å². The molecule has 0 bridgehead atoms. The summed E-state index contributed by atoms with van der Waals surface area (Å²) in [6, 6.07) is 15.3. The van der Waals surface area contributed by atoms with Crippen molar-refractivity contribution in [2.75, 3.05) is 0 Å². The van der Waals surface area contributed by atoms with Crippen LogP contribution < -0.4 is 10.2 Å². The summed E-state index contributed by atoms with van der Waals surface area (Å²) in [6.45, 7) is 0. The average molecular weight is 368 g/mol. The third-order valence-corrected chi connectivity index (χ3v) is 4.13. The summed E-state index contributed by atoms with van der Waals surface area (Å²) in [4.78, 5) is 24.3. The maximum absolute atomic E-state index is 12.8. The average Bonchev–Trinajstić information content (AvgIpc) is 3.17. The van der Waals surface area contributed by atoms with Crippen molar-refractivity contribution in [3.05, 3.63) is 87.9 Å². The lowest BCUT2D eigenvalue weighted by atomic mass is 10.2. The fourth-order valence-electron chi connectivity index (χ4n) is 2.04. The molecule has 5 nitrogen and oxygen atoms in total. The van der Waals surface area contributed by atoms with Crippen LogP contribution in [0.5, 0.6) is 5.75 Å². The quantitative estimate of drug-likeness (QED) is 0.322. The van der Waals surface area contributed by atoms with Crippen LogP contribution in [0.3, 0.4) is 0 Å². The summed E-state index contributed by atoms with van der Waals surface area (Å²) in [5.41, 5.74) is 3.28. The topological polar surface area (TPSA) is 67.8 Å². The van der Waals surface area contributed by atoms with Gasteiger partial charge in [-0.25, -0.2) is 14.6 Å². The number of hydrogen-bond donors (Lipinski definition) is 1. The van der Waals surface area contributed by atoms with Crippen molar-refractivity contribution in [1.29, 1.82) is 0 Å². The van der Waals surface area contributed by atoms with Gasteiger partial charge in [-0.1, -0.05) is 18.2 Å². The lowest BCUT2D eigenvalue weighted by molar-refractivity contribution is 0.0739. The van der Waals surface area contributed by atoms with Crippen LogP contribution in [0.15, 0.2) is 71.1 Å². The largest absolute Gasteiger partial charge is 0.422 e. The highest BCUT2D eigenvalue weighted by molar-refractivity contribution is 7.12. The molecule has 26 heavy (non-hydrogen) atoms. The summed E-state index contributed by atoms with van der Waals surface area (Å²) < 4.78 is 18.1. The van der Waals surface area contributed by atoms with Gasteiger partial charge in [-0.15, -0.1) is 11.3 Å². The van der Waals surface area contributed by atoms with Gasteiger partial charge in [0.15, 0.2) is 0 Å². The Labute approximate surface area is 152 Å². The van der Waals surface area contributed by atoms with E-state index >= 15 is 0 Å². The van der Waals surface area contributed by atoms with Crippen molar-refractivity contribution < 1.29 is 18.7 Å². The van der Waals surface area contributed by atoms with Crippen LogP contribution >= 0.6 is 11.3 Å². The van der Waals surface area contributed by atoms with Crippen molar-refractivity contribution in [3.63, 3.8) is 0 Å². The zero-order valence-corrected chi connectivity index (χ0v) is 14.2. The molecule has 7 heteroatoms. The second-order valence-corrected chi connectivity index (χ2v) is 6.09. The molecule has 1 heterocycles. The number of nitrogens with one attached hydrogen (secondary N) is 1. The Kier molecular flexibility index (Phi) is 5.50. The van der Waals surface area contributed by atoms with Gasteiger partial charge in [0.05, 0.1) is 6.21 Å². The Morgan fingerprint density at radius 1 is 1.08 bits per heavy atom. The molecule has 0 unspecified atom stereocenters. The van der Waals surface area contributed by atoms with Crippen LogP contribution in [0.2, 0.25) is 0 Å². The molecule has 130 valence electrons. The first-order chi connectivity index (χ1) is 12.6. The van der Waals surface area contributed by atoms with Gasteiger partial charge >= 0.3 is 5.97 Å². The van der Waals surface area contributed by atoms with Crippen LogP contribution in [-0.2, 0) is 0 Å². The summed E-state index contributed by atoms with van der Waals surface area (Å²) in [6.07, 6.45) is 1.42. The monoisotopic (exact) mass is 368 g/mol. The summed E-state index contributed by atoms with van der Waals surface area (Å²) >= 11 is 1.30. The number of esters is 1. The second-order valence-electron chi connectivity index (χ2n) is 5.15. The Morgan fingerprint density at radius 2 is 1.88 bits per heavy atom. The Balaban J connectivity index is 1.61. The first-order valence-corrected chi connectivity index (χ1v) is 8.44. The van der Waals surface area contributed by atoms with E-state index in [4.69, 9.17) is 4.74 Å². The molecule has 1 aromatic heterocycles. The maximum Gasteiger partial charge on any atom is 0.353 e. The van der Waals surface area contributed by atoms with E-state index in [1.54, 1.807) is 41.8 Å². The second kappa shape index (κ2) is 8.17. The lowest BCUT2D eigenvalue weighted by Gasteiger charge is -2.03. The zero-order chi connectivity index (χ0) is 18.4. The SMILES string of the molecule is O=C(NN=Cc1cccc(OC(=O)c2cccs2)c1)c1ccc(F)cc1. The Hall–Kier alpha value is -3.32. The van der Waals surface area contributed by atoms with Crippen molar-refractivity contribution >= 4 is 29.4 Å². The number of carbonyl (C=O) groups is 2. The molecule has 2 aromatic carbocycles. The van der Waals surface area contributed by atoms with Crippen molar-refractivity contribution in [2.24, 2.45) is 5.10 Å². The Bertz CT molecular complexity index is 938. The van der Waals surface area contributed by atoms with Crippen LogP contribution in [0, 0.1) is 5.82 Å². The number of carbonyl (C=O) groups excluding carboxylic acids is 2. The first-order valence-electron chi connectivity index (χ1n) is 7.56. The van der Waals surface area contributed by atoms with Crippen molar-refractivity contribution in [2.45, 2.75) is 0 Å². The van der Waals surface area contributed by atoms with Crippen LogP contribution in [0.25, 0.3) is 0 Å². The van der Waals surface area contributed by atoms with Gasteiger partial charge in [0.25, 0.3) is 5.91 Å². The Morgan fingerprint density at radius 3 is 2.62 bits per heavy atom. The molecule has 0 atom stereocenters. The zero-order valence-electron chi connectivity index (χ0n) is 13.4. The number of nitrogens with zero attached hydrogens (tertiary/aromatic N) is 1. The highest BCUT2D eigenvalue weighted by atomic mass is 32.1. The van der Waals surface area contributed by atoms with Gasteiger partial charge in [0.2, 0.25) is 0 Å². The number of hydrogen-bond acceptors (Lipinski definition) is 5. The standard InChI is InChI=1S/C19H13FN2O3S/c20-15-8-6-14(7-9-15)18(23)22-21-12-13-3-1-4-16(11-13)25-19(24)17-5-2-10-26-17/h1-12H,(H,22,23). The number of rotatable bonds is 5. The highest BCUT2D eigenvalue weighted by Crippen LogP contribution is 2.16. The number of hydrazone groups is 1. The molecule has 0 radical (unpaired) electrons. The minimum Gasteiger partial charge on any atom is -0.422 e. The van der Waals surface area contributed by atoms with E-state index in [-0.39, 0.29) is 0 Å². The van der Waals surface area contributed by atoms with Gasteiger partial charge < -0.3 is 4.74 Å². The summed E-state index contributed by atoms with van der Waals surface area (Å²) in [5, 5.41) is 5.65. The summed E-state index contributed by atoms with van der Waals surface area (Å²) in [5.74, 6) is -0.934. The molecule has 0 spiro atoms. The van der Waals surface area contributed by atoms with Crippen molar-refractivity contribution in [3.8, 4) is 5.75 Å². The van der Waals surface area contributed by atoms with Gasteiger partial charge in [-0.2, -0.15) is 5.10 Å². The van der Waals surface area contributed by atoms with E-state index in [1.807, 2.05) is 0 Å². The predicted molar refractivity (Wildman–Crippen MR) is 97.2 cm³/mol. The smallest absolute Gasteiger partial charge is 0.353 e. The molecule has 0 saturated carbocycles. The van der Waals surface area contributed by atoms with E-state index in [0.717, 1.165) is 0 Å². The number of halogens is 1. The molecule has 0 fully saturated rings. The van der Waals surface area contributed by atoms with Gasteiger partial charge in [0.1, 0.15) is 16.4 Å². The van der Waals surface area contributed by atoms with Crippen LogP contribution in [-0.4, -0.2) is 18.1 Å². The predicted octanol–water partition coefficient (Wildman–Crippen LogP) is 3.87. The molecule has 1 amide bonds. The molecular weight excluding hydrogens is 355 g/mol. The van der Waals surface area contributed by atoms with E-state index < -0.39 is 17.7 Å². The van der Waals surface area contributed by atoms with E-state index in [2.05, 4.69) is 10.5 Å². The van der Waals surface area contributed by atoms with Crippen LogP contribution in [0.1, 0.15) is 25.6 Å². The lowest BCUT2D eigenvalue weighted by Crippen LogP contribution is -2.17. The molecule has 0 aliphatic carbocycles. The molecular formula is C19H13FN2O3S. The fourth-order valence-corrected chi connectivity index (χ4v) is 2.64. The molecule has 0 aliphatic heterocycles. The van der Waals surface area contributed by atoms with E-state index in [0.29, 0.717) is 21.8 Å². The molecule has 0 saturated heterocycles. The summed E-state index contributed by atoms with van der Waals surface area (Å²) in [7, 11) is 0. The maximum atomic E-state index is 12.8. The first kappa shape index (κ1) is 17.5. The normalized spacial score (nSPS) is 10.7. The molecule has 1 N–H and O–H groups in total. The number of amides is 1. The highest BCUT2D eigenvalue weighted by Gasteiger charge is 2.09. The minimum absolute atomic E-state index is 0.294. The van der Waals surface area contributed by atoms with Gasteiger partial charge in [0, 0.05) is 5.56 Å². The van der Waals surface area contributed by atoms with E-state index in [1.165, 1.54) is 41.8 Å². The number of thiophene rings is 1.